The van der Waals surface area contributed by atoms with E-state index in [0.29, 0.717) is 54.9 Å². The third kappa shape index (κ3) is 26.9. The molecule has 0 spiro atoms. The third-order valence-corrected chi connectivity index (χ3v) is 19.2. The Morgan fingerprint density at radius 1 is 0.697 bits per heavy atom. The second-order valence-corrected chi connectivity index (χ2v) is 29.6. The maximum atomic E-state index is 15.2. The van der Waals surface area contributed by atoms with Gasteiger partial charge in [-0.05, 0) is 128 Å². The van der Waals surface area contributed by atoms with Crippen molar-refractivity contribution in [3.8, 4) is 22.8 Å². The van der Waals surface area contributed by atoms with Crippen LogP contribution in [0.1, 0.15) is 89.3 Å². The van der Waals surface area contributed by atoms with Gasteiger partial charge in [0, 0.05) is 78.4 Å². The number of anilines is 6. The number of fused-ring (bicyclic) bond motifs is 6. The van der Waals surface area contributed by atoms with Gasteiger partial charge in [-0.2, -0.15) is 4.36 Å². The average molecular weight is 1560 g/mol. The van der Waals surface area contributed by atoms with E-state index in [4.69, 9.17) is 23.7 Å². The highest BCUT2D eigenvalue weighted by atomic mass is 32.2. The van der Waals surface area contributed by atoms with Crippen LogP contribution in [0.5, 0.6) is 11.5 Å². The normalized spacial score (nSPS) is 14.8. The highest BCUT2D eigenvalue weighted by molar-refractivity contribution is 7.93. The van der Waals surface area contributed by atoms with E-state index < -0.39 is 128 Å². The summed E-state index contributed by atoms with van der Waals surface area (Å²) in [6, 6.07) is 19.0. The van der Waals surface area contributed by atoms with E-state index >= 15 is 4.39 Å². The van der Waals surface area contributed by atoms with Crippen LogP contribution in [-0.2, 0) is 68.5 Å². The Kier molecular flexibility index (Phi) is 31.2. The molecular formula is C72H88F2N14O19S2. The number of carboxylic acids is 2. The molecule has 2 aliphatic rings. The predicted molar refractivity (Wildman–Crippen MR) is 397 cm³/mol. The molecule has 0 unspecified atom stereocenters. The van der Waals surface area contributed by atoms with Gasteiger partial charge in [0.1, 0.15) is 41.1 Å². The SMILES string of the molecule is CCCNC(=O)Nc1cccc(S(=O)(=O)Nc2cccc([C@@H](CC(=O)O)NC(=O)Nc3ccc(NC(=O)NCCOCCOCCOCCC(=O)N[C@@H](CC(=O)O)C(=O)N4CCC[C@H]4C(=O)N[C@H](C(=O)N=[S@](C)(=O)Cc4cc5cc(c4)OCCCCOc4cc(F)ccc4-c4nc(ncc4F)N5)C(C)C)cc3)c2)c1. The zero-order chi connectivity index (χ0) is 78.6. The van der Waals surface area contributed by atoms with Gasteiger partial charge in [-0.1, -0.05) is 39.0 Å². The molecule has 5 aromatic carbocycles. The minimum atomic E-state index is -4.19. The lowest BCUT2D eigenvalue weighted by atomic mass is 10.0. The number of nitrogens with one attached hydrogen (secondary N) is 10. The molecule has 8 rings (SSSR count). The quantitative estimate of drug-likeness (QED) is 0.0171. The van der Waals surface area contributed by atoms with E-state index in [-0.39, 0.29) is 135 Å². The number of aliphatic carboxylic acids is 2. The maximum absolute atomic E-state index is 15.2. The van der Waals surface area contributed by atoms with Crippen LogP contribution < -0.4 is 62.0 Å². The first-order valence-electron chi connectivity index (χ1n) is 34.9. The molecule has 2 aliphatic heterocycles. The van der Waals surface area contributed by atoms with E-state index in [0.717, 1.165) is 23.2 Å². The van der Waals surface area contributed by atoms with Gasteiger partial charge in [0.05, 0.1) is 98.3 Å². The highest BCUT2D eigenvalue weighted by Gasteiger charge is 2.40. The summed E-state index contributed by atoms with van der Waals surface area (Å²) in [5.74, 6) is -7.69. The van der Waals surface area contributed by atoms with Crippen molar-refractivity contribution in [3.05, 3.63) is 138 Å². The molecule has 12 N–H and O–H groups in total. The van der Waals surface area contributed by atoms with Crippen molar-refractivity contribution in [2.75, 3.05) is 105 Å². The second kappa shape index (κ2) is 40.7. The lowest BCUT2D eigenvalue weighted by Crippen LogP contribution is -2.56. The van der Waals surface area contributed by atoms with Crippen molar-refractivity contribution < 1.29 is 98.5 Å². The second-order valence-electron chi connectivity index (χ2n) is 25.5. The Bertz CT molecular complexity index is 4480. The highest BCUT2D eigenvalue weighted by Crippen LogP contribution is 2.34. The maximum Gasteiger partial charge on any atom is 0.319 e. The Morgan fingerprint density at radius 2 is 1.35 bits per heavy atom. The van der Waals surface area contributed by atoms with Gasteiger partial charge < -0.3 is 86.6 Å². The molecule has 4 bridgehead atoms. The number of ether oxygens (including phenoxy) is 5. The van der Waals surface area contributed by atoms with Crippen LogP contribution in [0.25, 0.3) is 11.3 Å². The first kappa shape index (κ1) is 83.5. The van der Waals surface area contributed by atoms with Crippen LogP contribution in [0.4, 0.5) is 57.5 Å². The van der Waals surface area contributed by atoms with Gasteiger partial charge in [-0.3, -0.25) is 33.5 Å². The molecule has 1 saturated heterocycles. The summed E-state index contributed by atoms with van der Waals surface area (Å²) in [6.07, 6.45) is 2.76. The molecule has 3 heterocycles. The minimum absolute atomic E-state index is 0.0341. The minimum Gasteiger partial charge on any atom is -0.494 e. The van der Waals surface area contributed by atoms with Gasteiger partial charge in [0.25, 0.3) is 15.9 Å². The van der Waals surface area contributed by atoms with Crippen LogP contribution >= 0.6 is 0 Å². The molecule has 5 atom stereocenters. The zero-order valence-electron chi connectivity index (χ0n) is 60.2. The number of nitrogens with zero attached hydrogens (tertiary/aromatic N) is 4. The molecule has 109 heavy (non-hydrogen) atoms. The van der Waals surface area contributed by atoms with E-state index in [9.17, 15) is 70.4 Å². The first-order chi connectivity index (χ1) is 52.1. The smallest absolute Gasteiger partial charge is 0.319 e. The number of carboxylic acid groups (broad SMARTS) is 2. The summed E-state index contributed by atoms with van der Waals surface area (Å²) in [7, 11) is -7.60. The van der Waals surface area contributed by atoms with Crippen molar-refractivity contribution in [2.45, 2.75) is 107 Å². The Balaban J connectivity index is 0.711. The average Bonchev–Trinajstić information content (AvgIpc) is 0.969. The summed E-state index contributed by atoms with van der Waals surface area (Å²) >= 11 is 0. The number of hydrogen-bond donors (Lipinski definition) is 12. The monoisotopic (exact) mass is 1550 g/mol. The van der Waals surface area contributed by atoms with Crippen LogP contribution in [0.2, 0.25) is 0 Å². The fourth-order valence-electron chi connectivity index (χ4n) is 11.2. The van der Waals surface area contributed by atoms with Gasteiger partial charge in [-0.25, -0.2) is 45.8 Å². The number of aromatic nitrogens is 2. The lowest BCUT2D eigenvalue weighted by Gasteiger charge is -2.29. The summed E-state index contributed by atoms with van der Waals surface area (Å²) in [5, 5.41) is 43.3. The van der Waals surface area contributed by atoms with Gasteiger partial charge >= 0.3 is 30.0 Å². The first-order valence-corrected chi connectivity index (χ1v) is 38.5. The molecule has 6 aromatic rings. The molecule has 10 amide bonds. The van der Waals surface area contributed by atoms with Gasteiger partial charge in [0.15, 0.2) is 5.82 Å². The number of carbonyl (C=O) groups is 9. The lowest BCUT2D eigenvalue weighted by molar-refractivity contribution is -0.146. The number of benzene rings is 5. The van der Waals surface area contributed by atoms with E-state index in [2.05, 4.69) is 66.9 Å². The van der Waals surface area contributed by atoms with E-state index in [1.807, 2.05) is 6.92 Å². The molecule has 586 valence electrons. The van der Waals surface area contributed by atoms with Gasteiger partial charge in [-0.15, -0.1) is 0 Å². The molecule has 37 heteroatoms. The number of hydrogen-bond acceptors (Lipinski definition) is 20. The van der Waals surface area contributed by atoms with Crippen molar-refractivity contribution in [2.24, 2.45) is 10.3 Å². The fraction of sp³-hybridized carbons (Fsp3) is 0.403. The summed E-state index contributed by atoms with van der Waals surface area (Å²) in [6.45, 7) is 6.57. The largest absolute Gasteiger partial charge is 0.494 e. The van der Waals surface area contributed by atoms with Crippen molar-refractivity contribution in [1.82, 2.24) is 41.5 Å². The van der Waals surface area contributed by atoms with Crippen LogP contribution in [0, 0.1) is 17.6 Å². The van der Waals surface area contributed by atoms with Gasteiger partial charge in [0.2, 0.25) is 23.7 Å². The topological polar surface area (TPSA) is 453 Å². The molecule has 0 saturated carbocycles. The Labute approximate surface area is 627 Å². The van der Waals surface area contributed by atoms with Crippen LogP contribution in [-0.4, -0.2) is 188 Å². The number of amides is 10. The predicted octanol–water partition coefficient (Wildman–Crippen LogP) is 7.86. The van der Waals surface area contributed by atoms with Crippen LogP contribution in [0.3, 0.4) is 0 Å². The number of rotatable bonds is 34. The third-order valence-electron chi connectivity index (χ3n) is 16.3. The number of halogens is 2. The summed E-state index contributed by atoms with van der Waals surface area (Å²) in [4.78, 5) is 126. The Morgan fingerprint density at radius 3 is 2.05 bits per heavy atom. The zero-order valence-corrected chi connectivity index (χ0v) is 61.8. The number of sulfonamides is 1. The number of carbonyl (C=O) groups excluding carboxylic acids is 7. The van der Waals surface area contributed by atoms with Crippen molar-refractivity contribution in [1.29, 1.82) is 0 Å². The summed E-state index contributed by atoms with van der Waals surface area (Å²) in [5.41, 5.74) is 2.05. The molecule has 1 fully saturated rings. The molecule has 0 radical (unpaired) electrons. The van der Waals surface area contributed by atoms with E-state index in [1.54, 1.807) is 32.0 Å². The molecular weight excluding hydrogens is 1470 g/mol. The number of likely N-dealkylation sites (tertiary alicyclic amines) is 1. The Hall–Kier alpha value is -11.2. The molecule has 1 aromatic heterocycles. The van der Waals surface area contributed by atoms with E-state index in [1.165, 1.54) is 85.1 Å². The van der Waals surface area contributed by atoms with Crippen molar-refractivity contribution in [3.63, 3.8) is 0 Å². The molecule has 0 aliphatic carbocycles. The van der Waals surface area contributed by atoms with Crippen LogP contribution in [0.15, 0.2) is 125 Å². The molecule has 33 nitrogen and oxygen atoms in total. The van der Waals surface area contributed by atoms with Crippen molar-refractivity contribution >= 4 is 108 Å². The number of urea groups is 3. The summed E-state index contributed by atoms with van der Waals surface area (Å²) < 4.78 is 105. The standard InChI is InChI=1S/C72H88F2N14O19S2/c1-5-23-75-70(97)81-50-12-9-14-54(39-50)109(101,102)86-51-13-8-11-46(36-51)57(40-62(90)91)83-72(99)80-49-19-17-48(18-20-49)79-71(98)76-24-29-104-31-33-105-32-30-103-28-22-61(89)82-58(41-63(92)93)68(96)88-25-10-15-59(88)66(94)84-64(44(2)3)67(95)87-108(4,100)43-45-34-52-38-53(35-45)106-26-6-7-27-107-60-37-47(73)16-21-55(60)65-56(74)42-77-69(78-52)85-65/h8-9,11-14,16-21,34-39,42,44,57-59,64,86H,5-7,10,15,22-33,40-41,43H2,1-4H3,(H,82,89)(H,84,94)(H,90,91)(H,92,93)(H2,75,81,97)(H2,76,79,98)(H,77,78,85)(H2,80,83,99)/t57-,58+,59+,64+,108-/m1/s1. The fourth-order valence-corrected chi connectivity index (χ4v) is 13.7.